The molecule has 1 amide bonds. The van der Waals surface area contributed by atoms with Gasteiger partial charge in [-0.25, -0.2) is 9.67 Å². The summed E-state index contributed by atoms with van der Waals surface area (Å²) in [6.45, 7) is 0.471. The Kier molecular flexibility index (Phi) is 6.10. The minimum absolute atomic E-state index is 0.00448. The highest BCUT2D eigenvalue weighted by atomic mass is 79.9. The zero-order valence-corrected chi connectivity index (χ0v) is 17.4. The highest BCUT2D eigenvalue weighted by molar-refractivity contribution is 9.10. The first kappa shape index (κ1) is 19.5. The van der Waals surface area contributed by atoms with Crippen molar-refractivity contribution in [2.24, 2.45) is 0 Å². The summed E-state index contributed by atoms with van der Waals surface area (Å²) in [6.07, 6.45) is 1.57. The van der Waals surface area contributed by atoms with Crippen molar-refractivity contribution in [3.8, 4) is 0 Å². The number of nitrogens with one attached hydrogen (secondary N) is 1. The molecule has 0 aliphatic carbocycles. The predicted molar refractivity (Wildman–Crippen MR) is 108 cm³/mol. The third-order valence-electron chi connectivity index (χ3n) is 3.40. The number of rotatable bonds is 4. The summed E-state index contributed by atoms with van der Waals surface area (Å²) < 4.78 is 2.61. The van der Waals surface area contributed by atoms with Crippen LogP contribution in [0, 0.1) is 0 Å². The smallest absolute Gasteiger partial charge is 0.277 e. The van der Waals surface area contributed by atoms with E-state index in [1.54, 1.807) is 16.9 Å². The van der Waals surface area contributed by atoms with E-state index in [9.17, 15) is 4.79 Å². The van der Waals surface area contributed by atoms with Crippen molar-refractivity contribution in [1.82, 2.24) is 14.8 Å². The molecule has 0 bridgehead atoms. The molecule has 10 heteroatoms. The largest absolute Gasteiger partial charge is 0.305 e. The lowest BCUT2D eigenvalue weighted by Crippen LogP contribution is -2.18. The fourth-order valence-corrected chi connectivity index (χ4v) is 3.22. The van der Waals surface area contributed by atoms with Gasteiger partial charge in [0.2, 0.25) is 0 Å². The third-order valence-corrected chi connectivity index (χ3v) is 5.61. The van der Waals surface area contributed by atoms with E-state index < -0.39 is 5.91 Å². The van der Waals surface area contributed by atoms with E-state index in [4.69, 9.17) is 46.4 Å². The van der Waals surface area contributed by atoms with Crippen LogP contribution in [-0.2, 0) is 6.54 Å². The fourth-order valence-electron chi connectivity index (χ4n) is 2.14. The maximum atomic E-state index is 12.5. The van der Waals surface area contributed by atoms with Gasteiger partial charge < -0.3 is 5.32 Å². The van der Waals surface area contributed by atoms with Crippen LogP contribution in [-0.4, -0.2) is 20.7 Å². The van der Waals surface area contributed by atoms with Crippen LogP contribution in [0.15, 0.2) is 41.0 Å². The number of pyridine rings is 1. The molecule has 5 nitrogen and oxygen atoms in total. The number of nitrogens with zero attached hydrogens (tertiary/aromatic N) is 3. The van der Waals surface area contributed by atoms with Gasteiger partial charge in [-0.1, -0.05) is 74.5 Å². The summed E-state index contributed by atoms with van der Waals surface area (Å²) in [5.41, 5.74) is 0.892. The Labute approximate surface area is 177 Å². The van der Waals surface area contributed by atoms with Crippen LogP contribution in [0.1, 0.15) is 16.1 Å². The number of amides is 1. The Morgan fingerprint density at radius 1 is 1.04 bits per heavy atom. The van der Waals surface area contributed by atoms with Crippen LogP contribution in [0.4, 0.5) is 5.82 Å². The quantitative estimate of drug-likeness (QED) is 0.455. The molecule has 0 aliphatic heterocycles. The highest BCUT2D eigenvalue weighted by Crippen LogP contribution is 2.36. The maximum absolute atomic E-state index is 12.5. The van der Waals surface area contributed by atoms with Crippen LogP contribution in [0.25, 0.3) is 0 Å². The second-order valence-electron chi connectivity index (χ2n) is 5.15. The highest BCUT2D eigenvalue weighted by Gasteiger charge is 2.21. The number of carbonyl (C=O) groups excluding carboxylic acids is 1. The zero-order valence-electron chi connectivity index (χ0n) is 12.8. The molecule has 3 rings (SSSR count). The van der Waals surface area contributed by atoms with Crippen molar-refractivity contribution >= 4 is 74.1 Å². The van der Waals surface area contributed by atoms with Gasteiger partial charge in [0, 0.05) is 10.5 Å². The second-order valence-corrected chi connectivity index (χ2v) is 7.56. The fraction of sp³-hybridized carbons (Fsp3) is 0.0625. The van der Waals surface area contributed by atoms with Crippen LogP contribution >= 0.6 is 62.3 Å². The van der Waals surface area contributed by atoms with Crippen molar-refractivity contribution in [3.05, 3.63) is 72.5 Å². The van der Waals surface area contributed by atoms with Gasteiger partial charge >= 0.3 is 0 Å². The molecular weight excluding hydrogens is 486 g/mol. The van der Waals surface area contributed by atoms with Crippen LogP contribution in [0.3, 0.4) is 0 Å². The maximum Gasteiger partial charge on any atom is 0.277 e. The van der Waals surface area contributed by atoms with Gasteiger partial charge in [0.05, 0.1) is 27.8 Å². The number of aromatic nitrogens is 3. The van der Waals surface area contributed by atoms with Gasteiger partial charge in [-0.2, -0.15) is 5.10 Å². The average molecular weight is 495 g/mol. The SMILES string of the molecule is O=C(Nc1ccnn1Cc1ccc(Br)cc1)c1nc(Cl)c(Cl)c(Cl)c1Cl. The first-order valence-electron chi connectivity index (χ1n) is 7.14. The summed E-state index contributed by atoms with van der Waals surface area (Å²) in [5, 5.41) is 6.71. The van der Waals surface area contributed by atoms with Crippen molar-refractivity contribution in [2.45, 2.75) is 6.54 Å². The van der Waals surface area contributed by atoms with Gasteiger partial charge in [-0.15, -0.1) is 0 Å². The molecule has 2 heterocycles. The van der Waals surface area contributed by atoms with E-state index in [2.05, 4.69) is 31.3 Å². The van der Waals surface area contributed by atoms with Crippen molar-refractivity contribution in [1.29, 1.82) is 0 Å². The van der Waals surface area contributed by atoms with Crippen molar-refractivity contribution in [3.63, 3.8) is 0 Å². The Morgan fingerprint density at radius 2 is 1.73 bits per heavy atom. The molecule has 0 saturated carbocycles. The number of benzene rings is 1. The monoisotopic (exact) mass is 492 g/mol. The summed E-state index contributed by atoms with van der Waals surface area (Å²) in [4.78, 5) is 16.4. The molecular formula is C16H9BrCl4N4O. The molecule has 1 N–H and O–H groups in total. The molecule has 0 aliphatic rings. The Hall–Kier alpha value is -1.31. The molecule has 0 radical (unpaired) electrons. The topological polar surface area (TPSA) is 59.8 Å². The van der Waals surface area contributed by atoms with E-state index in [1.807, 2.05) is 24.3 Å². The molecule has 0 spiro atoms. The standard InChI is InChI=1S/C16H9BrCl4N4O/c17-9-3-1-8(2-4-9)7-25-10(5-6-22-25)23-16(26)14-12(19)11(18)13(20)15(21)24-14/h1-6H,7H2,(H,23,26). The van der Waals surface area contributed by atoms with Crippen LogP contribution < -0.4 is 5.32 Å². The molecule has 3 aromatic rings. The minimum Gasteiger partial charge on any atom is -0.305 e. The van der Waals surface area contributed by atoms with Crippen molar-refractivity contribution in [2.75, 3.05) is 5.32 Å². The van der Waals surface area contributed by atoms with E-state index in [1.165, 1.54) is 0 Å². The summed E-state index contributed by atoms with van der Waals surface area (Å²) in [6, 6.07) is 9.42. The normalized spacial score (nSPS) is 10.8. The summed E-state index contributed by atoms with van der Waals surface area (Å²) >= 11 is 27.2. The number of carbonyl (C=O) groups is 1. The Bertz CT molecular complexity index is 975. The lowest BCUT2D eigenvalue weighted by atomic mass is 10.2. The first-order valence-corrected chi connectivity index (χ1v) is 9.45. The van der Waals surface area contributed by atoms with Crippen LogP contribution in [0.2, 0.25) is 20.2 Å². The van der Waals surface area contributed by atoms with Gasteiger partial charge in [0.15, 0.2) is 5.69 Å². The summed E-state index contributed by atoms with van der Waals surface area (Å²) in [7, 11) is 0. The zero-order chi connectivity index (χ0) is 18.8. The second kappa shape index (κ2) is 8.15. The number of halogens is 5. The number of hydrogen-bond donors (Lipinski definition) is 1. The van der Waals surface area contributed by atoms with Gasteiger partial charge in [0.25, 0.3) is 5.91 Å². The predicted octanol–water partition coefficient (Wildman–Crippen LogP) is 5.95. The van der Waals surface area contributed by atoms with E-state index in [-0.39, 0.29) is 25.9 Å². The molecule has 134 valence electrons. The molecule has 0 fully saturated rings. The van der Waals surface area contributed by atoms with E-state index in [0.717, 1.165) is 10.0 Å². The lowest BCUT2D eigenvalue weighted by Gasteiger charge is -2.11. The molecule has 0 unspecified atom stereocenters. The Balaban J connectivity index is 1.83. The van der Waals surface area contributed by atoms with E-state index >= 15 is 0 Å². The summed E-state index contributed by atoms with van der Waals surface area (Å²) in [5.74, 6) is -0.106. The van der Waals surface area contributed by atoms with Gasteiger partial charge in [-0.05, 0) is 17.7 Å². The van der Waals surface area contributed by atoms with Gasteiger partial charge in [0.1, 0.15) is 11.0 Å². The average Bonchev–Trinajstić information content (AvgIpc) is 3.05. The minimum atomic E-state index is -0.576. The third kappa shape index (κ3) is 4.15. The molecule has 1 aromatic carbocycles. The van der Waals surface area contributed by atoms with Crippen molar-refractivity contribution < 1.29 is 4.79 Å². The molecule has 0 saturated heterocycles. The molecule has 0 atom stereocenters. The van der Waals surface area contributed by atoms with Gasteiger partial charge in [-0.3, -0.25) is 4.79 Å². The molecule has 26 heavy (non-hydrogen) atoms. The Morgan fingerprint density at radius 3 is 2.42 bits per heavy atom. The first-order chi connectivity index (χ1) is 12.4. The van der Waals surface area contributed by atoms with Crippen LogP contribution in [0.5, 0.6) is 0 Å². The van der Waals surface area contributed by atoms with E-state index in [0.29, 0.717) is 12.4 Å². The molecule has 2 aromatic heterocycles. The lowest BCUT2D eigenvalue weighted by molar-refractivity contribution is 0.102. The number of hydrogen-bond acceptors (Lipinski definition) is 3. The number of anilines is 1.